The lowest BCUT2D eigenvalue weighted by Gasteiger charge is -2.41. The maximum absolute atomic E-state index is 14.2. The van der Waals surface area contributed by atoms with Gasteiger partial charge < -0.3 is 14.2 Å². The fraction of sp³-hybridized carbons (Fsp3) is 0.379. The SMILES string of the molecule is CCOC(=O)C1=C(C)N=C2C[C@@H](c3cccc(OC)c3)[C@@H](C(=O)OCC)C(=O)C2[C@@H]1c1ccccc1. The zero-order chi connectivity index (χ0) is 25.8. The Labute approximate surface area is 211 Å². The molecule has 0 N–H and O–H groups in total. The average molecular weight is 490 g/mol. The van der Waals surface area contributed by atoms with E-state index in [2.05, 4.69) is 0 Å². The highest BCUT2D eigenvalue weighted by Crippen LogP contribution is 2.48. The molecule has 0 amide bonds. The van der Waals surface area contributed by atoms with Crippen molar-refractivity contribution in [1.29, 1.82) is 0 Å². The van der Waals surface area contributed by atoms with Gasteiger partial charge in [0.25, 0.3) is 0 Å². The van der Waals surface area contributed by atoms with Crippen LogP contribution in [-0.4, -0.2) is 43.8 Å². The number of aliphatic imine (C=N–C) groups is 1. The zero-order valence-corrected chi connectivity index (χ0v) is 21.0. The summed E-state index contributed by atoms with van der Waals surface area (Å²) >= 11 is 0. The van der Waals surface area contributed by atoms with E-state index in [1.165, 1.54) is 0 Å². The Morgan fingerprint density at radius 2 is 1.64 bits per heavy atom. The smallest absolute Gasteiger partial charge is 0.336 e. The van der Waals surface area contributed by atoms with E-state index in [1.807, 2.05) is 54.6 Å². The molecule has 2 aliphatic rings. The molecule has 0 bridgehead atoms. The number of ether oxygens (including phenoxy) is 3. The molecule has 1 aliphatic carbocycles. The van der Waals surface area contributed by atoms with E-state index in [4.69, 9.17) is 19.2 Å². The Hall–Kier alpha value is -3.74. The first kappa shape index (κ1) is 25.4. The van der Waals surface area contributed by atoms with Crippen molar-refractivity contribution in [1.82, 2.24) is 0 Å². The fourth-order valence-electron chi connectivity index (χ4n) is 5.36. The van der Waals surface area contributed by atoms with Crippen molar-refractivity contribution in [3.05, 3.63) is 77.0 Å². The Balaban J connectivity index is 1.88. The van der Waals surface area contributed by atoms with Crippen LogP contribution in [0.1, 0.15) is 50.2 Å². The van der Waals surface area contributed by atoms with Crippen LogP contribution >= 0.6 is 0 Å². The molecule has 1 fully saturated rings. The van der Waals surface area contributed by atoms with Crippen molar-refractivity contribution >= 4 is 23.4 Å². The summed E-state index contributed by atoms with van der Waals surface area (Å²) in [5, 5.41) is 0. The molecule has 0 aromatic heterocycles. The van der Waals surface area contributed by atoms with Crippen LogP contribution in [0.2, 0.25) is 0 Å². The number of fused-ring (bicyclic) bond motifs is 1. The molecule has 1 saturated carbocycles. The van der Waals surface area contributed by atoms with E-state index in [9.17, 15) is 14.4 Å². The monoisotopic (exact) mass is 489 g/mol. The molecule has 4 atom stereocenters. The van der Waals surface area contributed by atoms with Gasteiger partial charge in [0.15, 0.2) is 5.78 Å². The van der Waals surface area contributed by atoms with Gasteiger partial charge in [0, 0.05) is 23.2 Å². The molecule has 1 heterocycles. The third-order valence-electron chi connectivity index (χ3n) is 6.87. The number of allylic oxidation sites excluding steroid dienone is 1. The number of ketones is 1. The van der Waals surface area contributed by atoms with E-state index in [0.717, 1.165) is 11.1 Å². The van der Waals surface area contributed by atoms with Crippen molar-refractivity contribution in [2.45, 2.75) is 39.0 Å². The molecule has 0 saturated heterocycles. The molecule has 0 spiro atoms. The Morgan fingerprint density at radius 1 is 0.944 bits per heavy atom. The van der Waals surface area contributed by atoms with Crippen LogP contribution in [-0.2, 0) is 23.9 Å². The predicted molar refractivity (Wildman–Crippen MR) is 135 cm³/mol. The van der Waals surface area contributed by atoms with Gasteiger partial charge >= 0.3 is 11.9 Å². The van der Waals surface area contributed by atoms with Crippen LogP contribution in [0.5, 0.6) is 5.75 Å². The van der Waals surface area contributed by atoms with Crippen molar-refractivity contribution in [3.63, 3.8) is 0 Å². The number of hydrogen-bond acceptors (Lipinski definition) is 7. The third-order valence-corrected chi connectivity index (χ3v) is 6.87. The molecule has 1 aliphatic heterocycles. The molecule has 0 radical (unpaired) electrons. The van der Waals surface area contributed by atoms with E-state index in [1.54, 1.807) is 27.9 Å². The van der Waals surface area contributed by atoms with Crippen LogP contribution < -0.4 is 4.74 Å². The number of Topliss-reactive ketones (excluding diaryl/α,β-unsaturated/α-hetero) is 1. The largest absolute Gasteiger partial charge is 0.497 e. The number of esters is 2. The highest BCUT2D eigenvalue weighted by Gasteiger charge is 2.53. The first-order chi connectivity index (χ1) is 17.4. The molecule has 1 unspecified atom stereocenters. The number of carbonyl (C=O) groups is 3. The molecular weight excluding hydrogens is 458 g/mol. The van der Waals surface area contributed by atoms with Crippen LogP contribution in [0, 0.1) is 11.8 Å². The number of rotatable bonds is 7. The number of carbonyl (C=O) groups excluding carboxylic acids is 3. The summed E-state index contributed by atoms with van der Waals surface area (Å²) in [6.45, 7) is 5.60. The van der Waals surface area contributed by atoms with Crippen molar-refractivity contribution in [2.75, 3.05) is 20.3 Å². The van der Waals surface area contributed by atoms with Crippen LogP contribution in [0.3, 0.4) is 0 Å². The number of benzene rings is 2. The van der Waals surface area contributed by atoms with Gasteiger partial charge in [0.1, 0.15) is 11.7 Å². The minimum Gasteiger partial charge on any atom is -0.497 e. The summed E-state index contributed by atoms with van der Waals surface area (Å²) in [7, 11) is 1.57. The summed E-state index contributed by atoms with van der Waals surface area (Å²) in [4.78, 5) is 45.3. The van der Waals surface area contributed by atoms with Gasteiger partial charge in [-0.2, -0.15) is 0 Å². The summed E-state index contributed by atoms with van der Waals surface area (Å²) in [5.74, 6) is -3.59. The predicted octanol–water partition coefficient (Wildman–Crippen LogP) is 4.62. The third kappa shape index (κ3) is 4.70. The van der Waals surface area contributed by atoms with Gasteiger partial charge in [0.2, 0.25) is 0 Å². The van der Waals surface area contributed by atoms with Gasteiger partial charge in [-0.15, -0.1) is 0 Å². The van der Waals surface area contributed by atoms with Crippen molar-refractivity contribution < 1.29 is 28.6 Å². The first-order valence-corrected chi connectivity index (χ1v) is 12.3. The molecule has 2 aromatic rings. The lowest BCUT2D eigenvalue weighted by Crippen LogP contribution is -2.48. The molecule has 4 rings (SSSR count). The Morgan fingerprint density at radius 3 is 2.31 bits per heavy atom. The normalized spacial score (nSPS) is 23.4. The van der Waals surface area contributed by atoms with E-state index in [-0.39, 0.29) is 19.0 Å². The molecular formula is C29H31NO6. The van der Waals surface area contributed by atoms with Crippen LogP contribution in [0.4, 0.5) is 0 Å². The van der Waals surface area contributed by atoms with E-state index >= 15 is 0 Å². The highest BCUT2D eigenvalue weighted by atomic mass is 16.5. The molecule has 7 heteroatoms. The molecule has 2 aromatic carbocycles. The minimum absolute atomic E-state index is 0.161. The van der Waals surface area contributed by atoms with Gasteiger partial charge in [-0.25, -0.2) is 4.79 Å². The van der Waals surface area contributed by atoms with Gasteiger partial charge in [0.05, 0.1) is 31.8 Å². The standard InChI is InChI=1S/C29H31NO6/c1-5-35-28(32)23-17(3)30-22-16-21(19-13-10-14-20(15-19)34-4)25(29(33)36-6-2)27(31)26(22)24(23)18-11-8-7-9-12-18/h7-15,21,24-26H,5-6,16H2,1-4H3/t21-,24+,25+,26?/m0/s1. The number of hydrogen-bond donors (Lipinski definition) is 0. The lowest BCUT2D eigenvalue weighted by molar-refractivity contribution is -0.153. The second-order valence-corrected chi connectivity index (χ2v) is 8.91. The zero-order valence-electron chi connectivity index (χ0n) is 21.0. The van der Waals surface area contributed by atoms with Gasteiger partial charge in [-0.3, -0.25) is 14.6 Å². The summed E-state index contributed by atoms with van der Waals surface area (Å²) in [6.07, 6.45) is 0.379. The molecule has 36 heavy (non-hydrogen) atoms. The summed E-state index contributed by atoms with van der Waals surface area (Å²) in [5.41, 5.74) is 3.14. The number of methoxy groups -OCH3 is 1. The van der Waals surface area contributed by atoms with Crippen LogP contribution in [0.25, 0.3) is 0 Å². The Bertz CT molecular complexity index is 1220. The van der Waals surface area contributed by atoms with Gasteiger partial charge in [-0.05, 0) is 50.5 Å². The molecule has 188 valence electrons. The first-order valence-electron chi connectivity index (χ1n) is 12.3. The summed E-state index contributed by atoms with van der Waals surface area (Å²) in [6, 6.07) is 16.8. The second-order valence-electron chi connectivity index (χ2n) is 8.91. The summed E-state index contributed by atoms with van der Waals surface area (Å²) < 4.78 is 16.1. The maximum atomic E-state index is 14.2. The van der Waals surface area contributed by atoms with Gasteiger partial charge in [-0.1, -0.05) is 42.5 Å². The quantitative estimate of drug-likeness (QED) is 0.416. The number of nitrogens with zero attached hydrogens (tertiary/aromatic N) is 1. The highest BCUT2D eigenvalue weighted by molar-refractivity contribution is 6.17. The van der Waals surface area contributed by atoms with Crippen molar-refractivity contribution in [2.24, 2.45) is 16.8 Å². The van der Waals surface area contributed by atoms with E-state index < -0.39 is 35.6 Å². The van der Waals surface area contributed by atoms with Crippen LogP contribution in [0.15, 0.2) is 70.9 Å². The lowest BCUT2D eigenvalue weighted by atomic mass is 9.62. The minimum atomic E-state index is -1.03. The van der Waals surface area contributed by atoms with E-state index in [0.29, 0.717) is 29.2 Å². The van der Waals surface area contributed by atoms with Crippen molar-refractivity contribution in [3.8, 4) is 5.75 Å². The average Bonchev–Trinajstić information content (AvgIpc) is 2.88. The maximum Gasteiger partial charge on any atom is 0.336 e. The Kier molecular flexibility index (Phi) is 7.67. The topological polar surface area (TPSA) is 91.3 Å². The second kappa shape index (κ2) is 10.9. The molecule has 7 nitrogen and oxygen atoms in total. The fourth-order valence-corrected chi connectivity index (χ4v) is 5.36.